The normalized spacial score (nSPS) is 22.1. The van der Waals surface area contributed by atoms with Crippen molar-refractivity contribution in [3.8, 4) is 0 Å². The van der Waals surface area contributed by atoms with E-state index in [-0.39, 0.29) is 5.91 Å². The first-order chi connectivity index (χ1) is 9.89. The molecule has 2 unspecified atom stereocenters. The SMILES string of the molecule is CC(=O)N(Cc1ccccc1)C1C=CCC[CH]1[Sn]([CH3])([CH3])[CH3]. The average molecular weight is 392 g/mol. The second kappa shape index (κ2) is 6.99. The number of carbonyl (C=O) groups is 1. The Balaban J connectivity index is 2.26. The second-order valence-corrected chi connectivity index (χ2v) is 22.7. The number of nitrogens with zero attached hydrogens (tertiary/aromatic N) is 1. The molecule has 1 aliphatic rings. The number of amides is 1. The van der Waals surface area contributed by atoms with Gasteiger partial charge >= 0.3 is 133 Å². The van der Waals surface area contributed by atoms with Crippen LogP contribution in [-0.2, 0) is 11.3 Å². The quantitative estimate of drug-likeness (QED) is 0.548. The van der Waals surface area contributed by atoms with Crippen LogP contribution in [0.2, 0.25) is 18.8 Å². The molecule has 0 heterocycles. The van der Waals surface area contributed by atoms with Crippen LogP contribution >= 0.6 is 0 Å². The number of carbonyl (C=O) groups excluding carboxylic acids is 1. The Kier molecular flexibility index (Phi) is 5.53. The van der Waals surface area contributed by atoms with Gasteiger partial charge in [0, 0.05) is 0 Å². The first kappa shape index (κ1) is 16.6. The second-order valence-electron chi connectivity index (χ2n) is 7.10. The fourth-order valence-corrected chi connectivity index (χ4v) is 9.99. The summed E-state index contributed by atoms with van der Waals surface area (Å²) in [6, 6.07) is 10.6. The topological polar surface area (TPSA) is 20.3 Å². The fraction of sp³-hybridized carbons (Fsp3) is 0.500. The molecule has 2 atom stereocenters. The number of allylic oxidation sites excluding steroid dienone is 1. The summed E-state index contributed by atoms with van der Waals surface area (Å²) in [6.45, 7) is 2.43. The molecule has 0 aliphatic heterocycles. The molecule has 0 spiro atoms. The molecule has 1 aromatic rings. The number of rotatable bonds is 4. The zero-order valence-electron chi connectivity index (χ0n) is 13.7. The van der Waals surface area contributed by atoms with E-state index >= 15 is 0 Å². The zero-order valence-corrected chi connectivity index (χ0v) is 16.5. The Labute approximate surface area is 133 Å². The Hall–Kier alpha value is -0.771. The van der Waals surface area contributed by atoms with Gasteiger partial charge in [-0.05, 0) is 0 Å². The van der Waals surface area contributed by atoms with Crippen LogP contribution < -0.4 is 0 Å². The van der Waals surface area contributed by atoms with Crippen LogP contribution in [0.5, 0.6) is 0 Å². The van der Waals surface area contributed by atoms with Crippen molar-refractivity contribution in [1.29, 1.82) is 0 Å². The van der Waals surface area contributed by atoms with E-state index in [4.69, 9.17) is 0 Å². The van der Waals surface area contributed by atoms with Crippen molar-refractivity contribution < 1.29 is 4.79 Å². The van der Waals surface area contributed by atoms with E-state index in [1.165, 1.54) is 18.4 Å². The third-order valence-electron chi connectivity index (χ3n) is 4.46. The molecular weight excluding hydrogens is 365 g/mol. The molecule has 2 nitrogen and oxygen atoms in total. The molecule has 1 aromatic carbocycles. The van der Waals surface area contributed by atoms with Crippen LogP contribution in [0, 0.1) is 0 Å². The Bertz CT molecular complexity index is 504. The summed E-state index contributed by atoms with van der Waals surface area (Å²) in [5, 5.41) is 0. The number of hydrogen-bond acceptors (Lipinski definition) is 1. The molecule has 21 heavy (non-hydrogen) atoms. The third-order valence-corrected chi connectivity index (χ3v) is 12.6. The van der Waals surface area contributed by atoms with E-state index in [0.717, 1.165) is 10.5 Å². The predicted molar refractivity (Wildman–Crippen MR) is 91.9 cm³/mol. The van der Waals surface area contributed by atoms with E-state index in [1.807, 2.05) is 18.2 Å². The van der Waals surface area contributed by atoms with E-state index < -0.39 is 18.4 Å². The van der Waals surface area contributed by atoms with Crippen molar-refractivity contribution >= 4 is 24.3 Å². The zero-order chi connectivity index (χ0) is 15.5. The molecule has 3 heteroatoms. The van der Waals surface area contributed by atoms with E-state index in [0.29, 0.717) is 6.04 Å². The van der Waals surface area contributed by atoms with Crippen molar-refractivity contribution in [1.82, 2.24) is 4.90 Å². The summed E-state index contributed by atoms with van der Waals surface area (Å²) in [6.07, 6.45) is 6.98. The van der Waals surface area contributed by atoms with Gasteiger partial charge in [0.25, 0.3) is 0 Å². The van der Waals surface area contributed by atoms with Crippen molar-refractivity contribution in [2.45, 2.75) is 51.1 Å². The van der Waals surface area contributed by atoms with Crippen molar-refractivity contribution in [2.75, 3.05) is 0 Å². The molecule has 0 radical (unpaired) electrons. The molecule has 1 aliphatic carbocycles. The van der Waals surface area contributed by atoms with Crippen molar-refractivity contribution in [3.63, 3.8) is 0 Å². The average Bonchev–Trinajstić information content (AvgIpc) is 2.45. The summed E-state index contributed by atoms with van der Waals surface area (Å²) >= 11 is -2.06. The van der Waals surface area contributed by atoms with E-state index in [1.54, 1.807) is 6.92 Å². The molecule has 0 aromatic heterocycles. The van der Waals surface area contributed by atoms with Gasteiger partial charge in [-0.15, -0.1) is 0 Å². The van der Waals surface area contributed by atoms with E-state index in [2.05, 4.69) is 44.0 Å². The summed E-state index contributed by atoms with van der Waals surface area (Å²) in [5.41, 5.74) is 1.22. The molecular formula is C18H27NOSn. The molecule has 0 saturated carbocycles. The van der Waals surface area contributed by atoms with Crippen LogP contribution in [0.15, 0.2) is 42.5 Å². The third kappa shape index (κ3) is 4.35. The fourth-order valence-electron chi connectivity index (χ4n) is 3.29. The van der Waals surface area contributed by atoms with Gasteiger partial charge in [0.1, 0.15) is 0 Å². The van der Waals surface area contributed by atoms with Gasteiger partial charge in [0.05, 0.1) is 0 Å². The first-order valence-corrected chi connectivity index (χ1v) is 18.1. The van der Waals surface area contributed by atoms with Crippen LogP contribution in [0.1, 0.15) is 25.3 Å². The van der Waals surface area contributed by atoms with Gasteiger partial charge in [-0.25, -0.2) is 0 Å². The summed E-state index contributed by atoms with van der Waals surface area (Å²) < 4.78 is 0.719. The molecule has 114 valence electrons. The van der Waals surface area contributed by atoms with Gasteiger partial charge in [-0.2, -0.15) is 0 Å². The van der Waals surface area contributed by atoms with Crippen LogP contribution in [0.3, 0.4) is 0 Å². The number of benzene rings is 1. The molecule has 2 rings (SSSR count). The van der Waals surface area contributed by atoms with Crippen LogP contribution in [-0.4, -0.2) is 35.2 Å². The maximum absolute atomic E-state index is 12.2. The standard InChI is InChI=1S/C15H18NO.3CH3.Sn/c1-13(17)16(15-10-6-3-7-11-15)12-14-8-4-2-5-9-14;;;;/h2,4-6,8-11,15H,3,7,12H2,1H3;3*1H3;. The van der Waals surface area contributed by atoms with Gasteiger partial charge in [-0.3, -0.25) is 0 Å². The molecule has 0 bridgehead atoms. The summed E-state index contributed by atoms with van der Waals surface area (Å²) in [4.78, 5) is 21.8. The summed E-state index contributed by atoms with van der Waals surface area (Å²) in [7, 11) is 0. The van der Waals surface area contributed by atoms with Gasteiger partial charge in [0.2, 0.25) is 0 Å². The minimum atomic E-state index is -2.06. The number of hydrogen-bond donors (Lipinski definition) is 0. The van der Waals surface area contributed by atoms with E-state index in [9.17, 15) is 4.79 Å². The van der Waals surface area contributed by atoms with Gasteiger partial charge in [0.15, 0.2) is 0 Å². The van der Waals surface area contributed by atoms with Crippen LogP contribution in [0.4, 0.5) is 0 Å². The monoisotopic (exact) mass is 393 g/mol. The minimum absolute atomic E-state index is 0.191. The van der Waals surface area contributed by atoms with Crippen LogP contribution in [0.25, 0.3) is 0 Å². The maximum atomic E-state index is 12.2. The van der Waals surface area contributed by atoms with Gasteiger partial charge < -0.3 is 0 Å². The Morgan fingerprint density at radius 1 is 1.24 bits per heavy atom. The molecule has 0 fully saturated rings. The van der Waals surface area contributed by atoms with Gasteiger partial charge in [-0.1, -0.05) is 0 Å². The predicted octanol–water partition coefficient (Wildman–Crippen LogP) is 4.46. The molecule has 0 N–H and O–H groups in total. The summed E-state index contributed by atoms with van der Waals surface area (Å²) in [5.74, 6) is 0.191. The molecule has 0 saturated heterocycles. The molecule has 1 amide bonds. The Morgan fingerprint density at radius 2 is 1.90 bits per heavy atom. The Morgan fingerprint density at radius 3 is 2.48 bits per heavy atom. The van der Waals surface area contributed by atoms with Crippen molar-refractivity contribution in [3.05, 3.63) is 48.0 Å². The first-order valence-electron chi connectivity index (χ1n) is 7.87. The van der Waals surface area contributed by atoms with Crippen molar-refractivity contribution in [2.24, 2.45) is 0 Å².